The molecule has 0 amide bonds. The third-order valence-corrected chi connectivity index (χ3v) is 4.64. The van der Waals surface area contributed by atoms with E-state index in [4.69, 9.17) is 0 Å². The van der Waals surface area contributed by atoms with Gasteiger partial charge in [0.1, 0.15) is 0 Å². The number of likely N-dealkylation sites (tertiary alicyclic amines) is 1. The van der Waals surface area contributed by atoms with Crippen LogP contribution >= 0.6 is 0 Å². The van der Waals surface area contributed by atoms with Crippen LogP contribution in [0.1, 0.15) is 30.4 Å². The molecular formula is C17H27N3. The molecule has 2 aliphatic heterocycles. The Morgan fingerprint density at radius 3 is 3.05 bits per heavy atom. The van der Waals surface area contributed by atoms with E-state index in [1.165, 1.54) is 44.5 Å². The highest BCUT2D eigenvalue weighted by Crippen LogP contribution is 2.28. The zero-order valence-electron chi connectivity index (χ0n) is 12.9. The Bertz CT molecular complexity index is 456. The van der Waals surface area contributed by atoms with Gasteiger partial charge in [0.15, 0.2) is 0 Å². The van der Waals surface area contributed by atoms with E-state index in [0.29, 0.717) is 0 Å². The van der Waals surface area contributed by atoms with Crippen molar-refractivity contribution in [3.05, 3.63) is 29.3 Å². The van der Waals surface area contributed by atoms with Crippen molar-refractivity contribution in [1.82, 2.24) is 9.80 Å². The molecule has 3 nitrogen and oxygen atoms in total. The number of nitrogens with zero attached hydrogens (tertiary/aromatic N) is 2. The van der Waals surface area contributed by atoms with Gasteiger partial charge in [0, 0.05) is 31.4 Å². The molecule has 1 atom stereocenters. The lowest BCUT2D eigenvalue weighted by molar-refractivity contribution is 0.200. The maximum atomic E-state index is 3.54. The summed E-state index contributed by atoms with van der Waals surface area (Å²) in [6, 6.07) is 7.51. The first-order valence-corrected chi connectivity index (χ1v) is 7.97. The third-order valence-electron chi connectivity index (χ3n) is 4.64. The minimum Gasteiger partial charge on any atom is -0.385 e. The second-order valence-electron chi connectivity index (χ2n) is 6.50. The van der Waals surface area contributed by atoms with E-state index in [9.17, 15) is 0 Å². The fourth-order valence-electron chi connectivity index (χ4n) is 3.68. The van der Waals surface area contributed by atoms with Crippen molar-refractivity contribution in [2.24, 2.45) is 0 Å². The minimum absolute atomic E-state index is 0.734. The van der Waals surface area contributed by atoms with Gasteiger partial charge in [0.2, 0.25) is 0 Å². The molecule has 1 saturated heterocycles. The number of hydrogen-bond donors (Lipinski definition) is 1. The molecule has 0 spiro atoms. The largest absolute Gasteiger partial charge is 0.385 e. The molecule has 0 saturated carbocycles. The monoisotopic (exact) mass is 273 g/mol. The molecule has 1 unspecified atom stereocenters. The van der Waals surface area contributed by atoms with E-state index in [1.807, 2.05) is 0 Å². The Morgan fingerprint density at radius 2 is 2.20 bits per heavy atom. The lowest BCUT2D eigenvalue weighted by Gasteiger charge is -2.29. The van der Waals surface area contributed by atoms with Gasteiger partial charge in [-0.3, -0.25) is 4.90 Å². The van der Waals surface area contributed by atoms with Crippen LogP contribution in [0.4, 0.5) is 5.69 Å². The number of benzene rings is 1. The van der Waals surface area contributed by atoms with Crippen LogP contribution in [-0.2, 0) is 13.0 Å². The SMILES string of the molecule is CN(C)CC1CCCN1Cc1cccc2c1CCCN2. The van der Waals surface area contributed by atoms with Crippen LogP contribution in [0, 0.1) is 0 Å². The summed E-state index contributed by atoms with van der Waals surface area (Å²) in [5, 5.41) is 3.54. The molecule has 0 radical (unpaired) electrons. The first kappa shape index (κ1) is 13.9. The smallest absolute Gasteiger partial charge is 0.0375 e. The summed E-state index contributed by atoms with van der Waals surface area (Å²) in [4.78, 5) is 5.01. The first-order valence-electron chi connectivity index (χ1n) is 7.97. The Labute approximate surface area is 123 Å². The number of hydrogen-bond acceptors (Lipinski definition) is 3. The van der Waals surface area contributed by atoms with Crippen molar-refractivity contribution in [3.8, 4) is 0 Å². The molecule has 0 bridgehead atoms. The van der Waals surface area contributed by atoms with E-state index in [1.54, 1.807) is 11.1 Å². The van der Waals surface area contributed by atoms with Gasteiger partial charge in [0.25, 0.3) is 0 Å². The molecule has 20 heavy (non-hydrogen) atoms. The van der Waals surface area contributed by atoms with Crippen LogP contribution in [0.5, 0.6) is 0 Å². The van der Waals surface area contributed by atoms with Gasteiger partial charge in [-0.1, -0.05) is 12.1 Å². The minimum atomic E-state index is 0.734. The van der Waals surface area contributed by atoms with Crippen molar-refractivity contribution in [2.75, 3.05) is 39.0 Å². The van der Waals surface area contributed by atoms with Crippen LogP contribution in [0.15, 0.2) is 18.2 Å². The van der Waals surface area contributed by atoms with Gasteiger partial charge < -0.3 is 10.2 Å². The topological polar surface area (TPSA) is 18.5 Å². The average Bonchev–Trinajstić information content (AvgIpc) is 2.86. The Hall–Kier alpha value is -1.06. The van der Waals surface area contributed by atoms with Crippen molar-refractivity contribution in [2.45, 2.75) is 38.3 Å². The summed E-state index contributed by atoms with van der Waals surface area (Å²) in [5.41, 5.74) is 4.48. The van der Waals surface area contributed by atoms with Crippen molar-refractivity contribution in [1.29, 1.82) is 0 Å². The van der Waals surface area contributed by atoms with E-state index >= 15 is 0 Å². The van der Waals surface area contributed by atoms with E-state index in [2.05, 4.69) is 47.4 Å². The molecule has 1 N–H and O–H groups in total. The van der Waals surface area contributed by atoms with Gasteiger partial charge in [-0.2, -0.15) is 0 Å². The van der Waals surface area contributed by atoms with E-state index in [-0.39, 0.29) is 0 Å². The number of fused-ring (bicyclic) bond motifs is 1. The molecule has 2 heterocycles. The van der Waals surface area contributed by atoms with Crippen LogP contribution in [0.25, 0.3) is 0 Å². The van der Waals surface area contributed by atoms with Crippen LogP contribution < -0.4 is 5.32 Å². The van der Waals surface area contributed by atoms with Crippen LogP contribution in [0.3, 0.4) is 0 Å². The molecule has 3 heteroatoms. The van der Waals surface area contributed by atoms with Crippen LogP contribution in [-0.4, -0.2) is 49.6 Å². The highest BCUT2D eigenvalue weighted by atomic mass is 15.2. The third kappa shape index (κ3) is 2.99. The van der Waals surface area contributed by atoms with E-state index in [0.717, 1.165) is 19.1 Å². The normalized spacial score (nSPS) is 22.9. The Kier molecular flexibility index (Phi) is 4.27. The summed E-state index contributed by atoms with van der Waals surface area (Å²) in [7, 11) is 4.37. The fraction of sp³-hybridized carbons (Fsp3) is 0.647. The predicted molar refractivity (Wildman–Crippen MR) is 85.2 cm³/mol. The lowest BCUT2D eigenvalue weighted by atomic mass is 9.97. The van der Waals surface area contributed by atoms with Crippen molar-refractivity contribution >= 4 is 5.69 Å². The Morgan fingerprint density at radius 1 is 1.30 bits per heavy atom. The lowest BCUT2D eigenvalue weighted by Crippen LogP contribution is -2.37. The molecule has 0 aliphatic carbocycles. The highest BCUT2D eigenvalue weighted by Gasteiger charge is 2.26. The summed E-state index contributed by atoms with van der Waals surface area (Å²) in [6.45, 7) is 4.70. The van der Waals surface area contributed by atoms with Gasteiger partial charge in [-0.05, 0) is 63.5 Å². The fourth-order valence-corrected chi connectivity index (χ4v) is 3.68. The molecule has 1 aromatic carbocycles. The first-order chi connectivity index (χ1) is 9.74. The van der Waals surface area contributed by atoms with E-state index < -0.39 is 0 Å². The molecule has 1 fully saturated rings. The standard InChI is InChI=1S/C17H27N3/c1-19(2)13-15-7-5-11-20(15)12-14-6-3-9-17-16(14)8-4-10-18-17/h3,6,9,15,18H,4-5,7-8,10-13H2,1-2H3. The zero-order valence-corrected chi connectivity index (χ0v) is 12.9. The maximum Gasteiger partial charge on any atom is 0.0375 e. The average molecular weight is 273 g/mol. The van der Waals surface area contributed by atoms with Crippen molar-refractivity contribution < 1.29 is 0 Å². The summed E-state index contributed by atoms with van der Waals surface area (Å²) < 4.78 is 0. The highest BCUT2D eigenvalue weighted by molar-refractivity contribution is 5.56. The summed E-state index contributed by atoms with van der Waals surface area (Å²) >= 11 is 0. The molecule has 3 rings (SSSR count). The quantitative estimate of drug-likeness (QED) is 0.909. The second-order valence-corrected chi connectivity index (χ2v) is 6.50. The predicted octanol–water partition coefficient (Wildman–Crippen LogP) is 2.57. The summed E-state index contributed by atoms with van der Waals surface area (Å²) in [5.74, 6) is 0. The number of rotatable bonds is 4. The molecule has 0 aromatic heterocycles. The number of likely N-dealkylation sites (N-methyl/N-ethyl adjacent to an activating group) is 1. The zero-order chi connectivity index (χ0) is 13.9. The van der Waals surface area contributed by atoms with Gasteiger partial charge in [0.05, 0.1) is 0 Å². The Balaban J connectivity index is 1.74. The van der Waals surface area contributed by atoms with Gasteiger partial charge in [-0.25, -0.2) is 0 Å². The number of nitrogens with one attached hydrogen (secondary N) is 1. The second kappa shape index (κ2) is 6.15. The van der Waals surface area contributed by atoms with Gasteiger partial charge >= 0.3 is 0 Å². The molecule has 1 aromatic rings. The molecular weight excluding hydrogens is 246 g/mol. The maximum absolute atomic E-state index is 3.54. The van der Waals surface area contributed by atoms with Crippen LogP contribution in [0.2, 0.25) is 0 Å². The summed E-state index contributed by atoms with van der Waals surface area (Å²) in [6.07, 6.45) is 5.22. The number of anilines is 1. The van der Waals surface area contributed by atoms with Gasteiger partial charge in [-0.15, -0.1) is 0 Å². The molecule has 110 valence electrons. The van der Waals surface area contributed by atoms with Crippen molar-refractivity contribution in [3.63, 3.8) is 0 Å². The molecule has 2 aliphatic rings.